The number of carbonyl (C=O) groups is 2. The quantitative estimate of drug-likeness (QED) is 0.665. The van der Waals surface area contributed by atoms with Crippen LogP contribution in [0.5, 0.6) is 11.5 Å². The molecule has 27 heavy (non-hydrogen) atoms. The molecule has 3 N–H and O–H groups in total. The lowest BCUT2D eigenvalue weighted by Gasteiger charge is -2.41. The molecular formula is C19H24O8. The lowest BCUT2D eigenvalue weighted by molar-refractivity contribution is -0.170. The van der Waals surface area contributed by atoms with E-state index >= 15 is 0 Å². The molecule has 2 rings (SSSR count). The van der Waals surface area contributed by atoms with E-state index in [1.165, 1.54) is 41.1 Å². The molecule has 0 radical (unpaired) electrons. The van der Waals surface area contributed by atoms with Crippen LogP contribution >= 0.6 is 0 Å². The van der Waals surface area contributed by atoms with Crippen LogP contribution in [-0.4, -0.2) is 59.1 Å². The Morgan fingerprint density at radius 1 is 1.15 bits per heavy atom. The van der Waals surface area contributed by atoms with Crippen molar-refractivity contribution in [3.8, 4) is 11.5 Å². The molecule has 0 fully saturated rings. The average Bonchev–Trinajstić information content (AvgIpc) is 2.65. The molecular weight excluding hydrogens is 356 g/mol. The van der Waals surface area contributed by atoms with Gasteiger partial charge in [-0.2, -0.15) is 0 Å². The summed E-state index contributed by atoms with van der Waals surface area (Å²) in [4.78, 5) is 24.2. The molecule has 148 valence electrons. The summed E-state index contributed by atoms with van der Waals surface area (Å²) in [7, 11) is 2.47. The molecule has 0 unspecified atom stereocenters. The smallest absolute Gasteiger partial charge is 0.341 e. The number of aliphatic hydroxyl groups is 2. The molecule has 0 aliphatic heterocycles. The van der Waals surface area contributed by atoms with Gasteiger partial charge >= 0.3 is 5.97 Å². The number of carbonyl (C=O) groups excluding carboxylic acids is 2. The van der Waals surface area contributed by atoms with Crippen LogP contribution in [0, 0.1) is 13.8 Å². The fourth-order valence-corrected chi connectivity index (χ4v) is 3.01. The number of hydrogen-bond donors (Lipinski definition) is 3. The summed E-state index contributed by atoms with van der Waals surface area (Å²) < 4.78 is 15.6. The topological polar surface area (TPSA) is 123 Å². The van der Waals surface area contributed by atoms with Crippen molar-refractivity contribution < 1.29 is 39.1 Å². The predicted octanol–water partition coefficient (Wildman–Crippen LogP) is 1.16. The van der Waals surface area contributed by atoms with Crippen LogP contribution in [0.4, 0.5) is 0 Å². The zero-order valence-corrected chi connectivity index (χ0v) is 16.1. The molecule has 1 aromatic carbocycles. The van der Waals surface area contributed by atoms with Crippen LogP contribution in [0.1, 0.15) is 35.3 Å². The monoisotopic (exact) mass is 380 g/mol. The summed E-state index contributed by atoms with van der Waals surface area (Å²) >= 11 is 0. The second-order valence-electron chi connectivity index (χ2n) is 6.68. The first-order valence-corrected chi connectivity index (χ1v) is 8.26. The van der Waals surface area contributed by atoms with Crippen molar-refractivity contribution in [3.63, 3.8) is 0 Å². The minimum absolute atomic E-state index is 0.00507. The number of phenolic OH excluding ortho intramolecular Hbond substituents is 1. The summed E-state index contributed by atoms with van der Waals surface area (Å²) in [6.45, 7) is 5.93. The SMILES string of the molecule is COC(=O)c1c(C)cc(OC2=C(C)C(=O)[C@@H](O)[C@](C)(OC)[C@@H]2O)c(C)c1O. The predicted molar refractivity (Wildman–Crippen MR) is 94.7 cm³/mol. The van der Waals surface area contributed by atoms with Gasteiger partial charge in [-0.3, -0.25) is 4.79 Å². The van der Waals surface area contributed by atoms with Gasteiger partial charge in [0.1, 0.15) is 40.6 Å². The van der Waals surface area contributed by atoms with Gasteiger partial charge in [0.25, 0.3) is 0 Å². The van der Waals surface area contributed by atoms with E-state index in [2.05, 4.69) is 4.74 Å². The third-order valence-electron chi connectivity index (χ3n) is 5.07. The van der Waals surface area contributed by atoms with Gasteiger partial charge in [-0.05, 0) is 39.3 Å². The Morgan fingerprint density at radius 2 is 1.74 bits per heavy atom. The second-order valence-corrected chi connectivity index (χ2v) is 6.68. The Bertz CT molecular complexity index is 825. The van der Waals surface area contributed by atoms with E-state index in [0.29, 0.717) is 5.56 Å². The largest absolute Gasteiger partial charge is 0.507 e. The highest BCUT2D eigenvalue weighted by Crippen LogP contribution is 2.39. The standard InChI is InChI=1S/C19H24O8/c1-8-7-11(9(2)13(20)12(8)18(24)25-5)27-15-10(3)14(21)16(22)19(4,26-6)17(15)23/h7,16-17,20,22-23H,1-6H3/t16-,17-,19+/m1/s1. The first-order chi connectivity index (χ1) is 12.5. The zero-order chi connectivity index (χ0) is 20.7. The summed E-state index contributed by atoms with van der Waals surface area (Å²) in [6, 6.07) is 1.49. The minimum atomic E-state index is -1.59. The zero-order valence-electron chi connectivity index (χ0n) is 16.1. The molecule has 0 aromatic heterocycles. The summed E-state index contributed by atoms with van der Waals surface area (Å²) in [5.41, 5.74) is -0.928. The number of methoxy groups -OCH3 is 2. The number of ketones is 1. The first-order valence-electron chi connectivity index (χ1n) is 8.26. The van der Waals surface area contributed by atoms with Crippen LogP contribution in [0.25, 0.3) is 0 Å². The van der Waals surface area contributed by atoms with Crippen molar-refractivity contribution in [1.82, 2.24) is 0 Å². The lowest BCUT2D eigenvalue weighted by Crippen LogP contribution is -2.59. The number of aliphatic hydroxyl groups excluding tert-OH is 2. The third kappa shape index (κ3) is 3.20. The number of esters is 1. The van der Waals surface area contributed by atoms with Gasteiger partial charge in [0.15, 0.2) is 5.78 Å². The maximum atomic E-state index is 12.4. The Labute approximate surface area is 157 Å². The maximum Gasteiger partial charge on any atom is 0.341 e. The molecule has 0 bridgehead atoms. The van der Waals surface area contributed by atoms with Crippen LogP contribution in [0.2, 0.25) is 0 Å². The van der Waals surface area contributed by atoms with Crippen molar-refractivity contribution >= 4 is 11.8 Å². The van der Waals surface area contributed by atoms with Crippen LogP contribution in [-0.2, 0) is 14.3 Å². The molecule has 3 atom stereocenters. The van der Waals surface area contributed by atoms with E-state index in [4.69, 9.17) is 9.47 Å². The van der Waals surface area contributed by atoms with E-state index < -0.39 is 29.6 Å². The number of aromatic hydroxyl groups is 1. The molecule has 1 aromatic rings. The Balaban J connectivity index is 2.56. The number of hydrogen-bond acceptors (Lipinski definition) is 8. The average molecular weight is 380 g/mol. The van der Waals surface area contributed by atoms with E-state index in [9.17, 15) is 24.9 Å². The fraction of sp³-hybridized carbons (Fsp3) is 0.474. The molecule has 0 amide bonds. The highest BCUT2D eigenvalue weighted by molar-refractivity contribution is 6.01. The van der Waals surface area contributed by atoms with Crippen molar-refractivity contribution in [2.75, 3.05) is 14.2 Å². The highest BCUT2D eigenvalue weighted by atomic mass is 16.5. The lowest BCUT2D eigenvalue weighted by atomic mass is 9.80. The Hall–Kier alpha value is -2.42. The molecule has 0 heterocycles. The van der Waals surface area contributed by atoms with Crippen molar-refractivity contribution in [2.24, 2.45) is 0 Å². The summed E-state index contributed by atoms with van der Waals surface area (Å²) in [5, 5.41) is 31.2. The van der Waals surface area contributed by atoms with Crippen molar-refractivity contribution in [3.05, 3.63) is 34.1 Å². The molecule has 0 saturated heterocycles. The number of ether oxygens (including phenoxy) is 3. The van der Waals surface area contributed by atoms with Crippen LogP contribution < -0.4 is 4.74 Å². The fourth-order valence-electron chi connectivity index (χ4n) is 3.01. The van der Waals surface area contributed by atoms with Gasteiger partial charge in [0.2, 0.25) is 0 Å². The molecule has 0 saturated carbocycles. The van der Waals surface area contributed by atoms with Gasteiger partial charge in [-0.25, -0.2) is 4.79 Å². The normalized spacial score (nSPS) is 25.6. The molecule has 1 aliphatic carbocycles. The minimum Gasteiger partial charge on any atom is -0.507 e. The Kier molecular flexibility index (Phi) is 5.65. The number of aryl methyl sites for hydroxylation is 1. The van der Waals surface area contributed by atoms with E-state index in [0.717, 1.165) is 0 Å². The maximum absolute atomic E-state index is 12.4. The number of rotatable bonds is 4. The van der Waals surface area contributed by atoms with Gasteiger partial charge in [-0.15, -0.1) is 0 Å². The van der Waals surface area contributed by atoms with Gasteiger partial charge in [0, 0.05) is 18.2 Å². The van der Waals surface area contributed by atoms with E-state index in [1.807, 2.05) is 0 Å². The first kappa shape index (κ1) is 20.9. The molecule has 8 nitrogen and oxygen atoms in total. The number of Topliss-reactive ketones (excluding diaryl/α,β-unsaturated/α-hetero) is 1. The number of phenols is 1. The van der Waals surface area contributed by atoms with E-state index in [1.54, 1.807) is 6.92 Å². The molecule has 1 aliphatic rings. The molecule has 0 spiro atoms. The second kappa shape index (κ2) is 7.30. The van der Waals surface area contributed by atoms with Gasteiger partial charge in [0.05, 0.1) is 7.11 Å². The summed E-state index contributed by atoms with van der Waals surface area (Å²) in [5.74, 6) is -1.60. The highest BCUT2D eigenvalue weighted by Gasteiger charge is 2.52. The van der Waals surface area contributed by atoms with Gasteiger partial charge in [-0.1, -0.05) is 0 Å². The summed E-state index contributed by atoms with van der Waals surface area (Å²) in [6.07, 6.45) is -2.99. The number of benzene rings is 1. The van der Waals surface area contributed by atoms with Crippen molar-refractivity contribution in [2.45, 2.75) is 45.5 Å². The van der Waals surface area contributed by atoms with Crippen molar-refractivity contribution in [1.29, 1.82) is 0 Å². The van der Waals surface area contributed by atoms with E-state index in [-0.39, 0.29) is 34.0 Å². The van der Waals surface area contributed by atoms with Crippen LogP contribution in [0.15, 0.2) is 17.4 Å². The Morgan fingerprint density at radius 3 is 2.26 bits per heavy atom. The van der Waals surface area contributed by atoms with Crippen LogP contribution in [0.3, 0.4) is 0 Å². The third-order valence-corrected chi connectivity index (χ3v) is 5.07. The van der Waals surface area contributed by atoms with Gasteiger partial charge < -0.3 is 29.5 Å². The molecule has 8 heteroatoms.